The molecule has 0 aliphatic carbocycles. The molecule has 1 fully saturated rings. The van der Waals surface area contributed by atoms with Gasteiger partial charge in [-0.05, 0) is 29.7 Å². The van der Waals surface area contributed by atoms with Crippen LogP contribution in [0.15, 0.2) is 24.3 Å². The van der Waals surface area contributed by atoms with E-state index in [1.807, 2.05) is 36.0 Å². The van der Waals surface area contributed by atoms with E-state index in [1.165, 1.54) is 0 Å². The van der Waals surface area contributed by atoms with Gasteiger partial charge in [-0.15, -0.1) is 0 Å². The third-order valence-electron chi connectivity index (χ3n) is 3.12. The lowest BCUT2D eigenvalue weighted by Crippen LogP contribution is -2.38. The van der Waals surface area contributed by atoms with Gasteiger partial charge >= 0.3 is 0 Å². The van der Waals surface area contributed by atoms with Gasteiger partial charge in [0.25, 0.3) is 0 Å². The van der Waals surface area contributed by atoms with Gasteiger partial charge in [-0.25, -0.2) is 13.1 Å². The number of sulfonamides is 1. The Balaban J connectivity index is 1.95. The molecular formula is C13H20N2O2S2. The van der Waals surface area contributed by atoms with Gasteiger partial charge in [0.05, 0.1) is 5.75 Å². The first-order valence-electron chi connectivity index (χ1n) is 6.45. The van der Waals surface area contributed by atoms with Crippen molar-refractivity contribution in [3.05, 3.63) is 35.4 Å². The molecule has 0 amide bonds. The van der Waals surface area contributed by atoms with Gasteiger partial charge in [-0.1, -0.05) is 24.3 Å². The average Bonchev–Trinajstić information content (AvgIpc) is 2.39. The Morgan fingerprint density at radius 1 is 1.26 bits per heavy atom. The summed E-state index contributed by atoms with van der Waals surface area (Å²) in [4.78, 5) is 0. The molecule has 0 aromatic heterocycles. The van der Waals surface area contributed by atoms with Crippen LogP contribution in [-0.4, -0.2) is 26.0 Å². The fraction of sp³-hybridized carbons (Fsp3) is 0.538. The number of thioether (sulfide) groups is 1. The van der Waals surface area contributed by atoms with Crippen molar-refractivity contribution in [1.29, 1.82) is 0 Å². The van der Waals surface area contributed by atoms with Crippen LogP contribution in [-0.2, 0) is 22.3 Å². The molecule has 0 saturated carbocycles. The van der Waals surface area contributed by atoms with Gasteiger partial charge in [-0.3, -0.25) is 0 Å². The molecule has 0 radical (unpaired) electrons. The lowest BCUT2D eigenvalue weighted by atomic mass is 10.1. The van der Waals surface area contributed by atoms with Crippen LogP contribution < -0.4 is 10.5 Å². The normalized spacial score (nSPS) is 20.4. The molecule has 4 nitrogen and oxygen atoms in total. The lowest BCUT2D eigenvalue weighted by molar-refractivity contribution is 0.542. The SMILES string of the molecule is NCc1ccc(CS(=O)(=O)NC2CCCSC2)cc1. The van der Waals surface area contributed by atoms with Gasteiger partial charge in [0.1, 0.15) is 0 Å². The third kappa shape index (κ3) is 4.80. The first kappa shape index (κ1) is 14.8. The number of benzene rings is 1. The van der Waals surface area contributed by atoms with E-state index in [4.69, 9.17) is 5.73 Å². The first-order chi connectivity index (χ1) is 9.09. The minimum absolute atomic E-state index is 0.0407. The summed E-state index contributed by atoms with van der Waals surface area (Å²) in [6.45, 7) is 0.477. The maximum absolute atomic E-state index is 12.1. The fourth-order valence-corrected chi connectivity index (χ4v) is 4.72. The highest BCUT2D eigenvalue weighted by molar-refractivity contribution is 7.99. The highest BCUT2D eigenvalue weighted by Crippen LogP contribution is 2.18. The Hall–Kier alpha value is -0.560. The molecule has 1 aromatic carbocycles. The molecule has 0 bridgehead atoms. The van der Waals surface area contributed by atoms with E-state index in [-0.39, 0.29) is 11.8 Å². The molecule has 1 aliphatic heterocycles. The minimum atomic E-state index is -3.25. The Bertz CT molecular complexity index is 494. The van der Waals surface area contributed by atoms with E-state index < -0.39 is 10.0 Å². The van der Waals surface area contributed by atoms with Crippen LogP contribution in [0, 0.1) is 0 Å². The second-order valence-corrected chi connectivity index (χ2v) is 7.72. The molecule has 1 aromatic rings. The number of nitrogens with two attached hydrogens (primary N) is 1. The van der Waals surface area contributed by atoms with E-state index in [2.05, 4.69) is 4.72 Å². The molecule has 19 heavy (non-hydrogen) atoms. The van der Waals surface area contributed by atoms with Crippen molar-refractivity contribution in [3.8, 4) is 0 Å². The third-order valence-corrected chi connectivity index (χ3v) is 5.74. The molecule has 2 rings (SSSR count). The van der Waals surface area contributed by atoms with Crippen molar-refractivity contribution in [3.63, 3.8) is 0 Å². The largest absolute Gasteiger partial charge is 0.326 e. The van der Waals surface area contributed by atoms with E-state index in [0.717, 1.165) is 35.5 Å². The van der Waals surface area contributed by atoms with Crippen LogP contribution >= 0.6 is 11.8 Å². The van der Waals surface area contributed by atoms with Crippen LogP contribution in [0.2, 0.25) is 0 Å². The number of rotatable bonds is 5. The second kappa shape index (κ2) is 6.74. The van der Waals surface area contributed by atoms with Crippen molar-refractivity contribution in [2.45, 2.75) is 31.2 Å². The predicted molar refractivity (Wildman–Crippen MR) is 80.4 cm³/mol. The number of nitrogens with one attached hydrogen (secondary N) is 1. The maximum Gasteiger partial charge on any atom is 0.216 e. The van der Waals surface area contributed by atoms with E-state index in [0.29, 0.717) is 6.54 Å². The van der Waals surface area contributed by atoms with Crippen LogP contribution in [0.5, 0.6) is 0 Å². The second-order valence-electron chi connectivity index (χ2n) is 4.81. The molecule has 1 unspecified atom stereocenters. The molecular weight excluding hydrogens is 280 g/mol. The summed E-state index contributed by atoms with van der Waals surface area (Å²) in [7, 11) is -3.25. The first-order valence-corrected chi connectivity index (χ1v) is 9.25. The van der Waals surface area contributed by atoms with Crippen molar-refractivity contribution >= 4 is 21.8 Å². The van der Waals surface area contributed by atoms with Gasteiger partial charge in [-0.2, -0.15) is 11.8 Å². The van der Waals surface area contributed by atoms with Gasteiger partial charge in [0.2, 0.25) is 10.0 Å². The zero-order valence-corrected chi connectivity index (χ0v) is 12.5. The van der Waals surface area contributed by atoms with Crippen molar-refractivity contribution in [2.75, 3.05) is 11.5 Å². The molecule has 3 N–H and O–H groups in total. The van der Waals surface area contributed by atoms with Crippen LogP contribution in [0.1, 0.15) is 24.0 Å². The standard InChI is InChI=1S/C13H20N2O2S2/c14-8-11-3-5-12(6-4-11)10-19(16,17)15-13-2-1-7-18-9-13/h3-6,13,15H,1-2,7-10,14H2. The Morgan fingerprint density at radius 2 is 1.95 bits per heavy atom. The average molecular weight is 300 g/mol. The molecule has 0 spiro atoms. The monoisotopic (exact) mass is 300 g/mol. The van der Waals surface area contributed by atoms with Gasteiger partial charge in [0.15, 0.2) is 0 Å². The summed E-state index contributed by atoms with van der Waals surface area (Å²) in [6.07, 6.45) is 2.03. The van der Waals surface area contributed by atoms with Crippen LogP contribution in [0.3, 0.4) is 0 Å². The summed E-state index contributed by atoms with van der Waals surface area (Å²) >= 11 is 1.81. The zero-order chi connectivity index (χ0) is 13.7. The smallest absolute Gasteiger partial charge is 0.216 e. The zero-order valence-electron chi connectivity index (χ0n) is 10.8. The molecule has 1 heterocycles. The van der Waals surface area contributed by atoms with Gasteiger partial charge < -0.3 is 5.73 Å². The van der Waals surface area contributed by atoms with Gasteiger partial charge in [0, 0.05) is 18.3 Å². The maximum atomic E-state index is 12.1. The summed E-state index contributed by atoms with van der Waals surface area (Å²) in [5.41, 5.74) is 7.33. The molecule has 6 heteroatoms. The lowest BCUT2D eigenvalue weighted by Gasteiger charge is -2.22. The van der Waals surface area contributed by atoms with Crippen LogP contribution in [0.25, 0.3) is 0 Å². The highest BCUT2D eigenvalue weighted by Gasteiger charge is 2.20. The summed E-state index contributed by atoms with van der Waals surface area (Å²) in [5, 5.41) is 0. The quantitative estimate of drug-likeness (QED) is 0.863. The van der Waals surface area contributed by atoms with E-state index >= 15 is 0 Å². The summed E-state index contributed by atoms with van der Waals surface area (Å²) in [5.74, 6) is 2.06. The molecule has 1 aliphatic rings. The van der Waals surface area contributed by atoms with E-state index in [9.17, 15) is 8.42 Å². The van der Waals surface area contributed by atoms with E-state index in [1.54, 1.807) is 0 Å². The molecule has 1 atom stereocenters. The Morgan fingerprint density at radius 3 is 2.53 bits per heavy atom. The number of hydrogen-bond donors (Lipinski definition) is 2. The topological polar surface area (TPSA) is 72.2 Å². The van der Waals surface area contributed by atoms with Crippen LogP contribution in [0.4, 0.5) is 0 Å². The van der Waals surface area contributed by atoms with Crippen molar-refractivity contribution in [1.82, 2.24) is 4.72 Å². The van der Waals surface area contributed by atoms with Crippen molar-refractivity contribution < 1.29 is 8.42 Å². The fourth-order valence-electron chi connectivity index (χ4n) is 2.12. The molecule has 106 valence electrons. The Labute approximate surface area is 119 Å². The number of hydrogen-bond acceptors (Lipinski definition) is 4. The highest BCUT2D eigenvalue weighted by atomic mass is 32.2. The summed E-state index contributed by atoms with van der Waals surface area (Å²) < 4.78 is 27.0. The molecule has 1 saturated heterocycles. The Kier molecular flexibility index (Phi) is 5.27. The summed E-state index contributed by atoms with van der Waals surface area (Å²) in [6, 6.07) is 7.50. The predicted octanol–water partition coefficient (Wildman–Crippen LogP) is 1.46. The minimum Gasteiger partial charge on any atom is -0.326 e. The van der Waals surface area contributed by atoms with Crippen molar-refractivity contribution in [2.24, 2.45) is 5.73 Å².